The zero-order valence-electron chi connectivity index (χ0n) is 14.6. The van der Waals surface area contributed by atoms with Gasteiger partial charge in [0.1, 0.15) is 0 Å². The van der Waals surface area contributed by atoms with Crippen molar-refractivity contribution in [2.24, 2.45) is 7.05 Å². The molecule has 4 N–H and O–H groups in total. The first-order chi connectivity index (χ1) is 12.4. The highest BCUT2D eigenvalue weighted by molar-refractivity contribution is 5.74. The number of aryl methyl sites for hydroxylation is 2. The zero-order valence-corrected chi connectivity index (χ0v) is 14.6. The Labute approximate surface area is 148 Å². The Morgan fingerprint density at radius 3 is 2.62 bits per heavy atom. The van der Waals surface area contributed by atoms with Crippen LogP contribution < -0.4 is 16.6 Å². The quantitative estimate of drug-likeness (QED) is 0.479. The molecule has 3 aromatic rings. The highest BCUT2D eigenvalue weighted by Crippen LogP contribution is 2.17. The van der Waals surface area contributed by atoms with Gasteiger partial charge < -0.3 is 20.1 Å². The second-order valence-electron chi connectivity index (χ2n) is 6.21. The summed E-state index contributed by atoms with van der Waals surface area (Å²) in [6.45, 7) is 1.95. The van der Waals surface area contributed by atoms with Crippen molar-refractivity contribution < 1.29 is 10.2 Å². The molecule has 0 saturated carbocycles. The second-order valence-corrected chi connectivity index (χ2v) is 6.21. The average Bonchev–Trinajstić information content (AvgIpc) is 2.98. The van der Waals surface area contributed by atoms with E-state index in [1.807, 2.05) is 31.2 Å². The van der Waals surface area contributed by atoms with Gasteiger partial charge in [0.05, 0.1) is 19.3 Å². The van der Waals surface area contributed by atoms with Gasteiger partial charge in [0.25, 0.3) is 5.56 Å². The topological polar surface area (TPSA) is 125 Å². The molecular weight excluding hydrogens is 338 g/mol. The maximum absolute atomic E-state index is 12.3. The van der Waals surface area contributed by atoms with E-state index in [1.54, 1.807) is 0 Å². The molecule has 0 spiro atoms. The maximum atomic E-state index is 12.3. The summed E-state index contributed by atoms with van der Waals surface area (Å²) in [4.78, 5) is 30.7. The van der Waals surface area contributed by atoms with E-state index in [1.165, 1.54) is 16.2 Å². The first-order valence-corrected chi connectivity index (χ1v) is 8.18. The molecule has 0 fully saturated rings. The molecule has 9 nitrogen and oxygen atoms in total. The van der Waals surface area contributed by atoms with Crippen LogP contribution in [0.4, 0.5) is 5.95 Å². The summed E-state index contributed by atoms with van der Waals surface area (Å²) in [5.74, 6) is 0.333. The van der Waals surface area contributed by atoms with E-state index in [2.05, 4.69) is 15.3 Å². The molecule has 1 aromatic carbocycles. The van der Waals surface area contributed by atoms with Crippen molar-refractivity contribution in [3.8, 4) is 0 Å². The molecule has 3 rings (SSSR count). The van der Waals surface area contributed by atoms with E-state index >= 15 is 0 Å². The van der Waals surface area contributed by atoms with Crippen molar-refractivity contribution in [1.82, 2.24) is 19.1 Å². The van der Waals surface area contributed by atoms with Crippen LogP contribution in [0, 0.1) is 6.92 Å². The first-order valence-electron chi connectivity index (χ1n) is 8.18. The third-order valence-electron chi connectivity index (χ3n) is 4.18. The van der Waals surface area contributed by atoms with E-state index in [0.29, 0.717) is 12.5 Å². The molecule has 0 radical (unpaired) electrons. The van der Waals surface area contributed by atoms with Crippen LogP contribution >= 0.6 is 0 Å². The van der Waals surface area contributed by atoms with Gasteiger partial charge in [-0.15, -0.1) is 0 Å². The number of H-pyrrole nitrogens is 1. The number of aromatic nitrogens is 4. The lowest BCUT2D eigenvalue weighted by Crippen LogP contribution is -2.30. The maximum Gasteiger partial charge on any atom is 0.329 e. The number of aliphatic hydroxyl groups excluding tert-OH is 2. The van der Waals surface area contributed by atoms with Crippen LogP contribution in [0.25, 0.3) is 11.2 Å². The number of hydrogen-bond donors (Lipinski definition) is 4. The summed E-state index contributed by atoms with van der Waals surface area (Å²) in [6, 6.07) is 7.93. The molecule has 0 aliphatic rings. The number of rotatable bonds is 6. The Balaban J connectivity index is 2.04. The zero-order chi connectivity index (χ0) is 18.8. The number of nitrogens with one attached hydrogen (secondary N) is 2. The average molecular weight is 359 g/mol. The highest BCUT2D eigenvalue weighted by atomic mass is 16.3. The van der Waals surface area contributed by atoms with Crippen LogP contribution in [-0.2, 0) is 20.1 Å². The Bertz CT molecular complexity index is 1030. The Morgan fingerprint density at radius 1 is 1.27 bits per heavy atom. The molecule has 1 unspecified atom stereocenters. The van der Waals surface area contributed by atoms with Gasteiger partial charge in [0.15, 0.2) is 11.2 Å². The third kappa shape index (κ3) is 3.39. The van der Waals surface area contributed by atoms with Crippen molar-refractivity contribution in [3.05, 3.63) is 56.2 Å². The highest BCUT2D eigenvalue weighted by Gasteiger charge is 2.19. The van der Waals surface area contributed by atoms with Crippen LogP contribution in [-0.4, -0.2) is 42.0 Å². The SMILES string of the molecule is Cc1ccc(CNc2nc3c(c(=O)[nH]c(=O)n3C)n2CC(O)CO)cc1. The number of anilines is 1. The van der Waals surface area contributed by atoms with Gasteiger partial charge in [-0.2, -0.15) is 4.98 Å². The number of nitrogens with zero attached hydrogens (tertiary/aromatic N) is 3. The standard InChI is InChI=1S/C17H21N5O4/c1-10-3-5-11(6-4-10)7-18-16-19-14-13(22(16)8-12(24)9-23)15(25)20-17(26)21(14)2/h3-6,12,23-24H,7-9H2,1-2H3,(H,18,19)(H,20,25,26). The molecule has 26 heavy (non-hydrogen) atoms. The van der Waals surface area contributed by atoms with Gasteiger partial charge >= 0.3 is 5.69 Å². The summed E-state index contributed by atoms with van der Waals surface area (Å²) < 4.78 is 2.71. The summed E-state index contributed by atoms with van der Waals surface area (Å²) in [7, 11) is 1.50. The number of imidazole rings is 1. The van der Waals surface area contributed by atoms with Crippen molar-refractivity contribution in [1.29, 1.82) is 0 Å². The normalized spacial score (nSPS) is 12.5. The molecule has 1 atom stereocenters. The lowest BCUT2D eigenvalue weighted by molar-refractivity contribution is 0.0825. The van der Waals surface area contributed by atoms with Gasteiger partial charge in [0, 0.05) is 13.6 Å². The molecule has 0 aliphatic heterocycles. The molecule has 0 bridgehead atoms. The fraction of sp³-hybridized carbons (Fsp3) is 0.353. The lowest BCUT2D eigenvalue weighted by atomic mass is 10.1. The second kappa shape index (κ2) is 7.14. The van der Waals surface area contributed by atoms with Crippen LogP contribution in [0.2, 0.25) is 0 Å². The van der Waals surface area contributed by atoms with Gasteiger partial charge in [-0.05, 0) is 12.5 Å². The van der Waals surface area contributed by atoms with Crippen LogP contribution in [0.1, 0.15) is 11.1 Å². The minimum Gasteiger partial charge on any atom is -0.394 e. The monoisotopic (exact) mass is 359 g/mol. The molecule has 0 amide bonds. The van der Waals surface area contributed by atoms with Gasteiger partial charge in [0.2, 0.25) is 5.95 Å². The van der Waals surface area contributed by atoms with Gasteiger partial charge in [-0.25, -0.2) is 4.79 Å². The molecule has 0 aliphatic carbocycles. The summed E-state index contributed by atoms with van der Waals surface area (Å²) in [5.41, 5.74) is 1.36. The van der Waals surface area contributed by atoms with E-state index in [9.17, 15) is 14.7 Å². The summed E-state index contributed by atoms with van der Waals surface area (Å²) in [6.07, 6.45) is -1.07. The van der Waals surface area contributed by atoms with Gasteiger partial charge in [-0.3, -0.25) is 14.3 Å². The Morgan fingerprint density at radius 2 is 1.96 bits per heavy atom. The third-order valence-corrected chi connectivity index (χ3v) is 4.18. The molecular formula is C17H21N5O4. The van der Waals surface area contributed by atoms with E-state index in [-0.39, 0.29) is 17.7 Å². The largest absolute Gasteiger partial charge is 0.394 e. The molecule has 2 aromatic heterocycles. The minimum atomic E-state index is -1.07. The van der Waals surface area contributed by atoms with Crippen molar-refractivity contribution in [3.63, 3.8) is 0 Å². The smallest absolute Gasteiger partial charge is 0.329 e. The molecule has 138 valence electrons. The van der Waals surface area contributed by atoms with Crippen LogP contribution in [0.3, 0.4) is 0 Å². The predicted molar refractivity (Wildman–Crippen MR) is 97.2 cm³/mol. The predicted octanol–water partition coefficient (Wildman–Crippen LogP) is -0.303. The number of fused-ring (bicyclic) bond motifs is 1. The Kier molecular flexibility index (Phi) is 4.92. The van der Waals surface area contributed by atoms with Crippen LogP contribution in [0.5, 0.6) is 0 Å². The number of hydrogen-bond acceptors (Lipinski definition) is 6. The summed E-state index contributed by atoms with van der Waals surface area (Å²) in [5, 5.41) is 22.1. The molecule has 2 heterocycles. The fourth-order valence-corrected chi connectivity index (χ4v) is 2.70. The first kappa shape index (κ1) is 17.9. The van der Waals surface area contributed by atoms with E-state index in [4.69, 9.17) is 5.11 Å². The number of aromatic amines is 1. The van der Waals surface area contributed by atoms with Crippen molar-refractivity contribution in [2.75, 3.05) is 11.9 Å². The number of aliphatic hydroxyl groups is 2. The minimum absolute atomic E-state index is 0.0372. The number of benzene rings is 1. The molecule has 0 saturated heterocycles. The fourth-order valence-electron chi connectivity index (χ4n) is 2.70. The van der Waals surface area contributed by atoms with E-state index < -0.39 is 24.0 Å². The Hall–Kier alpha value is -2.91. The summed E-state index contributed by atoms with van der Waals surface area (Å²) >= 11 is 0. The van der Waals surface area contributed by atoms with Crippen molar-refractivity contribution >= 4 is 17.1 Å². The van der Waals surface area contributed by atoms with E-state index in [0.717, 1.165) is 11.1 Å². The lowest BCUT2D eigenvalue weighted by Gasteiger charge is -2.13. The van der Waals surface area contributed by atoms with Crippen LogP contribution in [0.15, 0.2) is 33.9 Å². The van der Waals surface area contributed by atoms with Gasteiger partial charge in [-0.1, -0.05) is 29.8 Å². The van der Waals surface area contributed by atoms with Crippen molar-refractivity contribution in [2.45, 2.75) is 26.1 Å². The molecule has 9 heteroatoms.